The molecule has 0 radical (unpaired) electrons. The number of anilines is 1. The largest absolute Gasteiger partial charge is 0.369 e. The molecular formula is C23H27F2N7O2. The third-order valence-electron chi connectivity index (χ3n) is 5.14. The van der Waals surface area contributed by atoms with Crippen molar-refractivity contribution in [3.05, 3.63) is 65.5 Å². The monoisotopic (exact) mass is 471 g/mol. The highest BCUT2D eigenvalue weighted by Crippen LogP contribution is 2.25. The lowest BCUT2D eigenvalue weighted by Crippen LogP contribution is -2.45. The van der Waals surface area contributed by atoms with E-state index in [1.54, 1.807) is 12.1 Å². The Hall–Kier alpha value is -3.86. The fourth-order valence-corrected chi connectivity index (χ4v) is 3.29. The third-order valence-corrected chi connectivity index (χ3v) is 5.14. The molecule has 0 unspecified atom stereocenters. The number of hydrogen-bond donors (Lipinski definition) is 5. The highest BCUT2D eigenvalue weighted by atomic mass is 19.1. The van der Waals surface area contributed by atoms with Crippen LogP contribution in [0.4, 0.5) is 14.6 Å². The zero-order chi connectivity index (χ0) is 24.5. The van der Waals surface area contributed by atoms with Crippen LogP contribution in [-0.2, 0) is 11.2 Å². The molecule has 0 spiro atoms. The lowest BCUT2D eigenvalue weighted by atomic mass is 10.1. The van der Waals surface area contributed by atoms with Crippen molar-refractivity contribution in [2.24, 2.45) is 5.73 Å². The molecule has 3 aromatic rings. The van der Waals surface area contributed by atoms with Crippen molar-refractivity contribution in [1.29, 1.82) is 0 Å². The van der Waals surface area contributed by atoms with Gasteiger partial charge in [-0.2, -0.15) is 5.10 Å². The summed E-state index contributed by atoms with van der Waals surface area (Å²) in [5, 5.41) is 14.9. The summed E-state index contributed by atoms with van der Waals surface area (Å²) in [6, 6.07) is 6.96. The molecule has 2 aromatic heterocycles. The van der Waals surface area contributed by atoms with Gasteiger partial charge in [0.05, 0.1) is 18.3 Å². The first kappa shape index (κ1) is 24.8. The van der Waals surface area contributed by atoms with Gasteiger partial charge in [0.25, 0.3) is 5.91 Å². The van der Waals surface area contributed by atoms with Crippen LogP contribution in [0.5, 0.6) is 0 Å². The maximum atomic E-state index is 14.8. The highest BCUT2D eigenvalue weighted by Gasteiger charge is 2.20. The van der Waals surface area contributed by atoms with Gasteiger partial charge in [-0.1, -0.05) is 19.1 Å². The molecule has 1 aromatic carbocycles. The zero-order valence-corrected chi connectivity index (χ0v) is 18.7. The smallest absolute Gasteiger partial charge is 0.255 e. The molecule has 6 N–H and O–H groups in total. The van der Waals surface area contributed by atoms with Crippen LogP contribution in [0.1, 0.15) is 29.3 Å². The summed E-state index contributed by atoms with van der Waals surface area (Å²) in [6.07, 6.45) is 3.94. The second kappa shape index (κ2) is 11.8. The molecule has 2 heterocycles. The van der Waals surface area contributed by atoms with Crippen LogP contribution < -0.4 is 21.7 Å². The number of nitrogens with one attached hydrogen (secondary N) is 4. The van der Waals surface area contributed by atoms with Gasteiger partial charge >= 0.3 is 0 Å². The number of carbonyl (C=O) groups excluding carboxylic acids is 2. The van der Waals surface area contributed by atoms with Crippen LogP contribution in [0.25, 0.3) is 11.3 Å². The molecule has 2 amide bonds. The molecule has 11 heteroatoms. The Morgan fingerprint density at radius 1 is 1.24 bits per heavy atom. The van der Waals surface area contributed by atoms with Crippen molar-refractivity contribution in [2.45, 2.75) is 25.8 Å². The molecule has 1 atom stereocenters. The Morgan fingerprint density at radius 2 is 2.06 bits per heavy atom. The number of halogens is 2. The average molecular weight is 472 g/mol. The van der Waals surface area contributed by atoms with Crippen LogP contribution in [0.2, 0.25) is 0 Å². The van der Waals surface area contributed by atoms with E-state index in [2.05, 4.69) is 31.1 Å². The number of nitrogens with two attached hydrogens (primary N) is 1. The molecule has 0 saturated carbocycles. The number of amides is 2. The van der Waals surface area contributed by atoms with Gasteiger partial charge in [0.2, 0.25) is 5.91 Å². The number of rotatable bonds is 11. The van der Waals surface area contributed by atoms with Crippen molar-refractivity contribution in [3.63, 3.8) is 0 Å². The van der Waals surface area contributed by atoms with Crippen molar-refractivity contribution < 1.29 is 18.4 Å². The lowest BCUT2D eigenvalue weighted by molar-refractivity contribution is -0.120. The predicted octanol–water partition coefficient (Wildman–Crippen LogP) is 1.99. The normalized spacial score (nSPS) is 11.6. The third kappa shape index (κ3) is 6.58. The molecule has 0 fully saturated rings. The summed E-state index contributed by atoms with van der Waals surface area (Å²) < 4.78 is 28.3. The van der Waals surface area contributed by atoms with Crippen LogP contribution in [0, 0.1) is 11.6 Å². The van der Waals surface area contributed by atoms with Gasteiger partial charge in [0.15, 0.2) is 5.82 Å². The standard InChI is InChI=1S/C23H27F2N7O2/c1-2-17(31-20(33)10-26)13-28-23(34)18-9-19(25)21(15-11-29-30-12-15)32-22(18)27-7-6-14-4-3-5-16(24)8-14/h3-5,8-9,11-12,17H,2,6-7,10,13,26H2,1H3,(H,27,32)(H,28,34)(H,29,30)(H,31,33)/t17-/m1/s1. The van der Waals surface area contributed by atoms with E-state index in [9.17, 15) is 18.4 Å². The van der Waals surface area contributed by atoms with Gasteiger partial charge in [-0.3, -0.25) is 14.7 Å². The zero-order valence-electron chi connectivity index (χ0n) is 18.7. The summed E-state index contributed by atoms with van der Waals surface area (Å²) in [4.78, 5) is 28.8. The minimum Gasteiger partial charge on any atom is -0.369 e. The first-order chi connectivity index (χ1) is 16.4. The van der Waals surface area contributed by atoms with E-state index in [4.69, 9.17) is 5.73 Å². The van der Waals surface area contributed by atoms with Crippen LogP contribution in [0.15, 0.2) is 42.7 Å². The van der Waals surface area contributed by atoms with Crippen molar-refractivity contribution >= 4 is 17.6 Å². The number of nitrogens with zero attached hydrogens (tertiary/aromatic N) is 2. The van der Waals surface area contributed by atoms with Gasteiger partial charge in [-0.15, -0.1) is 0 Å². The van der Waals surface area contributed by atoms with E-state index in [1.165, 1.54) is 24.5 Å². The van der Waals surface area contributed by atoms with E-state index in [-0.39, 0.29) is 47.9 Å². The lowest BCUT2D eigenvalue weighted by Gasteiger charge is -2.18. The highest BCUT2D eigenvalue weighted by molar-refractivity contribution is 5.99. The van der Waals surface area contributed by atoms with Gasteiger partial charge in [0.1, 0.15) is 17.3 Å². The number of hydrogen-bond acceptors (Lipinski definition) is 6. The van der Waals surface area contributed by atoms with Gasteiger partial charge in [-0.25, -0.2) is 13.8 Å². The SMILES string of the molecule is CC[C@H](CNC(=O)c1cc(F)c(-c2cn[nH]c2)nc1NCCc1cccc(F)c1)NC(=O)CN. The van der Waals surface area contributed by atoms with E-state index < -0.39 is 11.7 Å². The first-order valence-corrected chi connectivity index (χ1v) is 10.9. The maximum absolute atomic E-state index is 14.8. The fourth-order valence-electron chi connectivity index (χ4n) is 3.29. The van der Waals surface area contributed by atoms with Crippen LogP contribution in [0.3, 0.4) is 0 Å². The number of H-pyrrole nitrogens is 1. The molecule has 34 heavy (non-hydrogen) atoms. The number of aromatic nitrogens is 3. The summed E-state index contributed by atoms with van der Waals surface area (Å²) >= 11 is 0. The Balaban J connectivity index is 1.79. The van der Waals surface area contributed by atoms with Crippen LogP contribution in [-0.4, -0.2) is 52.7 Å². The average Bonchev–Trinajstić information content (AvgIpc) is 3.36. The Labute approximate surface area is 195 Å². The van der Waals surface area contributed by atoms with Crippen LogP contribution >= 0.6 is 0 Å². The number of carbonyl (C=O) groups is 2. The molecule has 180 valence electrons. The minimum absolute atomic E-state index is 0.00370. The predicted molar refractivity (Wildman–Crippen MR) is 124 cm³/mol. The Bertz CT molecular complexity index is 1120. The van der Waals surface area contributed by atoms with Crippen molar-refractivity contribution in [2.75, 3.05) is 25.0 Å². The number of pyridine rings is 1. The molecule has 0 saturated heterocycles. The quantitative estimate of drug-likeness (QED) is 0.290. The van der Waals surface area contributed by atoms with Crippen molar-refractivity contribution in [3.8, 4) is 11.3 Å². The minimum atomic E-state index is -0.689. The number of benzene rings is 1. The summed E-state index contributed by atoms with van der Waals surface area (Å²) in [5.41, 5.74) is 6.54. The van der Waals surface area contributed by atoms with E-state index >= 15 is 0 Å². The number of aromatic amines is 1. The molecule has 0 aliphatic heterocycles. The molecule has 0 aliphatic carbocycles. The molecule has 0 aliphatic rings. The van der Waals surface area contributed by atoms with E-state index in [0.717, 1.165) is 11.6 Å². The summed E-state index contributed by atoms with van der Waals surface area (Å²) in [6.45, 7) is 2.16. The second-order valence-electron chi connectivity index (χ2n) is 7.60. The first-order valence-electron chi connectivity index (χ1n) is 10.9. The van der Waals surface area contributed by atoms with Gasteiger partial charge < -0.3 is 21.7 Å². The van der Waals surface area contributed by atoms with Gasteiger partial charge in [0, 0.05) is 30.9 Å². The molecule has 0 bridgehead atoms. The van der Waals surface area contributed by atoms with E-state index in [0.29, 0.717) is 24.9 Å². The Morgan fingerprint density at radius 3 is 2.74 bits per heavy atom. The van der Waals surface area contributed by atoms with E-state index in [1.807, 2.05) is 6.92 Å². The fraction of sp³-hybridized carbons (Fsp3) is 0.304. The molecule has 3 rings (SSSR count). The Kier molecular flexibility index (Phi) is 8.63. The summed E-state index contributed by atoms with van der Waals surface area (Å²) in [7, 11) is 0. The topological polar surface area (TPSA) is 138 Å². The maximum Gasteiger partial charge on any atom is 0.255 e. The summed E-state index contributed by atoms with van der Waals surface area (Å²) in [5.74, 6) is -1.75. The molecular weight excluding hydrogens is 444 g/mol. The molecule has 9 nitrogen and oxygen atoms in total. The second-order valence-corrected chi connectivity index (χ2v) is 7.60. The van der Waals surface area contributed by atoms with Gasteiger partial charge in [-0.05, 0) is 36.6 Å². The van der Waals surface area contributed by atoms with Crippen molar-refractivity contribution in [1.82, 2.24) is 25.8 Å².